The van der Waals surface area contributed by atoms with E-state index in [4.69, 9.17) is 5.11 Å². The third kappa shape index (κ3) is 3.27. The van der Waals surface area contributed by atoms with Crippen molar-refractivity contribution in [2.24, 2.45) is 0 Å². The Balaban J connectivity index is 2.11. The minimum Gasteiger partial charge on any atom is -0.481 e. The van der Waals surface area contributed by atoms with Crippen molar-refractivity contribution in [3.8, 4) is 0 Å². The number of carboxylic acid groups (broad SMARTS) is 1. The second-order valence-corrected chi connectivity index (χ2v) is 5.78. The zero-order chi connectivity index (χ0) is 13.1. The van der Waals surface area contributed by atoms with Gasteiger partial charge in [-0.1, -0.05) is 0 Å². The number of rotatable bonds is 4. The lowest BCUT2D eigenvalue weighted by molar-refractivity contribution is -0.136. The van der Waals surface area contributed by atoms with Crippen LogP contribution < -0.4 is 0 Å². The Morgan fingerprint density at radius 2 is 2.17 bits per heavy atom. The van der Waals surface area contributed by atoms with Crippen LogP contribution in [0, 0.1) is 13.8 Å². The van der Waals surface area contributed by atoms with Crippen molar-refractivity contribution in [1.82, 2.24) is 15.0 Å². The Hall–Kier alpha value is -1.47. The lowest BCUT2D eigenvalue weighted by Crippen LogP contribution is -1.99. The fraction of sp³-hybridized carbons (Fsp3) is 0.273. The van der Waals surface area contributed by atoms with E-state index < -0.39 is 5.97 Å². The van der Waals surface area contributed by atoms with Crippen molar-refractivity contribution >= 4 is 29.1 Å². The molecule has 7 heteroatoms. The summed E-state index contributed by atoms with van der Waals surface area (Å²) in [6, 6.07) is 0. The normalized spacial score (nSPS) is 10.6. The number of nitrogens with zero attached hydrogens (tertiary/aromatic N) is 3. The van der Waals surface area contributed by atoms with Crippen LogP contribution in [-0.2, 0) is 11.2 Å². The topological polar surface area (TPSA) is 76.0 Å². The van der Waals surface area contributed by atoms with Crippen LogP contribution in [0.1, 0.15) is 17.1 Å². The second kappa shape index (κ2) is 5.45. The largest absolute Gasteiger partial charge is 0.481 e. The Morgan fingerprint density at radius 1 is 1.39 bits per heavy atom. The van der Waals surface area contributed by atoms with Gasteiger partial charge in [0.25, 0.3) is 0 Å². The van der Waals surface area contributed by atoms with Crippen molar-refractivity contribution in [1.29, 1.82) is 0 Å². The minimum absolute atomic E-state index is 0.0460. The maximum Gasteiger partial charge on any atom is 0.309 e. The summed E-state index contributed by atoms with van der Waals surface area (Å²) in [4.78, 5) is 23.4. The van der Waals surface area contributed by atoms with Gasteiger partial charge in [-0.2, -0.15) is 0 Å². The monoisotopic (exact) mass is 281 g/mol. The van der Waals surface area contributed by atoms with Gasteiger partial charge in [-0.25, -0.2) is 9.97 Å². The van der Waals surface area contributed by atoms with Gasteiger partial charge in [0.15, 0.2) is 4.34 Å². The van der Waals surface area contributed by atoms with E-state index in [-0.39, 0.29) is 6.42 Å². The van der Waals surface area contributed by atoms with Gasteiger partial charge in [-0.3, -0.25) is 9.78 Å². The van der Waals surface area contributed by atoms with Crippen LogP contribution in [0.3, 0.4) is 0 Å². The Bertz CT molecular complexity index is 583. The highest BCUT2D eigenvalue weighted by Crippen LogP contribution is 2.29. The Labute approximate surface area is 112 Å². The number of aliphatic carboxylic acids is 1. The summed E-state index contributed by atoms with van der Waals surface area (Å²) in [5.41, 5.74) is 2.37. The van der Waals surface area contributed by atoms with Crippen molar-refractivity contribution in [2.45, 2.75) is 29.6 Å². The fourth-order valence-corrected chi connectivity index (χ4v) is 3.00. The molecule has 94 valence electrons. The van der Waals surface area contributed by atoms with Gasteiger partial charge in [0.05, 0.1) is 29.7 Å². The predicted octanol–water partition coefficient (Wildman–Crippen LogP) is 2.33. The molecule has 0 amide bonds. The molecule has 0 radical (unpaired) electrons. The first-order chi connectivity index (χ1) is 8.54. The van der Waals surface area contributed by atoms with E-state index in [1.54, 1.807) is 11.6 Å². The number of aromatic nitrogens is 3. The van der Waals surface area contributed by atoms with Crippen LogP contribution in [0.25, 0.3) is 0 Å². The lowest BCUT2D eigenvalue weighted by Gasteiger charge is -2.00. The number of carbonyl (C=O) groups is 1. The molecule has 0 aliphatic rings. The van der Waals surface area contributed by atoms with Crippen molar-refractivity contribution in [3.63, 3.8) is 0 Å². The zero-order valence-electron chi connectivity index (χ0n) is 9.88. The molecule has 1 N–H and O–H groups in total. The second-order valence-electron chi connectivity index (χ2n) is 3.66. The maximum atomic E-state index is 10.6. The molecule has 2 aromatic heterocycles. The first-order valence-electron chi connectivity index (χ1n) is 5.19. The van der Waals surface area contributed by atoms with E-state index >= 15 is 0 Å². The van der Waals surface area contributed by atoms with Crippen LogP contribution in [-0.4, -0.2) is 26.0 Å². The molecule has 0 bridgehead atoms. The molecule has 2 rings (SSSR count). The van der Waals surface area contributed by atoms with Crippen LogP contribution in [0.2, 0.25) is 0 Å². The zero-order valence-corrected chi connectivity index (χ0v) is 11.5. The molecule has 2 heterocycles. The summed E-state index contributed by atoms with van der Waals surface area (Å²) in [7, 11) is 0. The van der Waals surface area contributed by atoms with Crippen LogP contribution in [0.4, 0.5) is 0 Å². The van der Waals surface area contributed by atoms with E-state index in [9.17, 15) is 4.79 Å². The van der Waals surface area contributed by atoms with Crippen LogP contribution in [0.5, 0.6) is 0 Å². The molecule has 0 aromatic carbocycles. The molecular formula is C11H11N3O2S2. The van der Waals surface area contributed by atoms with Gasteiger partial charge >= 0.3 is 5.97 Å². The molecule has 2 aromatic rings. The molecule has 0 unspecified atom stereocenters. The van der Waals surface area contributed by atoms with E-state index in [1.807, 2.05) is 13.8 Å². The number of hydrogen-bond donors (Lipinski definition) is 1. The molecule has 0 saturated heterocycles. The Kier molecular flexibility index (Phi) is 3.93. The summed E-state index contributed by atoms with van der Waals surface area (Å²) < 4.78 is 0.781. The number of hydrogen-bond acceptors (Lipinski definition) is 6. The number of aryl methyl sites for hydroxylation is 2. The summed E-state index contributed by atoms with van der Waals surface area (Å²) >= 11 is 2.82. The van der Waals surface area contributed by atoms with Crippen molar-refractivity contribution in [2.75, 3.05) is 0 Å². The summed E-state index contributed by atoms with van der Waals surface area (Å²) in [6.45, 7) is 3.81. The number of carboxylic acids is 1. The molecular weight excluding hydrogens is 270 g/mol. The highest BCUT2D eigenvalue weighted by molar-refractivity contribution is 8.00. The van der Waals surface area contributed by atoms with E-state index in [0.717, 1.165) is 20.8 Å². The molecule has 0 fully saturated rings. The standard InChI is InChI=1S/C11H11N3O2S2/c1-6-7(2)13-9(4-12-6)18-11-14-8(5-17-11)3-10(15)16/h4-5H,3H2,1-2H3,(H,15,16). The molecule has 0 spiro atoms. The third-order valence-electron chi connectivity index (χ3n) is 2.23. The summed E-state index contributed by atoms with van der Waals surface area (Å²) in [5, 5.41) is 11.2. The first kappa shape index (κ1) is 13.0. The highest BCUT2D eigenvalue weighted by atomic mass is 32.2. The van der Waals surface area contributed by atoms with Gasteiger partial charge in [-0.15, -0.1) is 11.3 Å². The molecule has 0 aliphatic carbocycles. The third-order valence-corrected chi connectivity index (χ3v) is 4.12. The van der Waals surface area contributed by atoms with E-state index in [2.05, 4.69) is 15.0 Å². The SMILES string of the molecule is Cc1ncc(Sc2nc(CC(=O)O)cs2)nc1C. The quantitative estimate of drug-likeness (QED) is 0.927. The summed E-state index contributed by atoms with van der Waals surface area (Å²) in [5.74, 6) is -0.872. The lowest BCUT2D eigenvalue weighted by atomic mass is 10.3. The number of thiazole rings is 1. The predicted molar refractivity (Wildman–Crippen MR) is 69.1 cm³/mol. The van der Waals surface area contributed by atoms with E-state index in [1.165, 1.54) is 23.1 Å². The fourth-order valence-electron chi connectivity index (χ4n) is 1.23. The van der Waals surface area contributed by atoms with E-state index in [0.29, 0.717) is 5.69 Å². The molecule has 0 atom stereocenters. The molecule has 0 aliphatic heterocycles. The first-order valence-corrected chi connectivity index (χ1v) is 6.88. The van der Waals surface area contributed by atoms with Gasteiger partial charge in [0, 0.05) is 5.38 Å². The highest BCUT2D eigenvalue weighted by Gasteiger charge is 2.09. The van der Waals surface area contributed by atoms with Gasteiger partial charge < -0.3 is 5.11 Å². The van der Waals surface area contributed by atoms with Crippen LogP contribution >= 0.6 is 23.1 Å². The summed E-state index contributed by atoms with van der Waals surface area (Å²) in [6.07, 6.45) is 1.65. The smallest absolute Gasteiger partial charge is 0.309 e. The van der Waals surface area contributed by atoms with Gasteiger partial charge in [0.2, 0.25) is 0 Å². The van der Waals surface area contributed by atoms with Gasteiger partial charge in [-0.05, 0) is 25.6 Å². The maximum absolute atomic E-state index is 10.6. The molecule has 18 heavy (non-hydrogen) atoms. The molecule has 5 nitrogen and oxygen atoms in total. The van der Waals surface area contributed by atoms with Crippen LogP contribution in [0.15, 0.2) is 20.9 Å². The Morgan fingerprint density at radius 3 is 2.83 bits per heavy atom. The van der Waals surface area contributed by atoms with Gasteiger partial charge in [0.1, 0.15) is 5.03 Å². The minimum atomic E-state index is -0.872. The average molecular weight is 281 g/mol. The molecule has 0 saturated carbocycles. The van der Waals surface area contributed by atoms with Crippen molar-refractivity contribution in [3.05, 3.63) is 28.7 Å². The average Bonchev–Trinajstić information content (AvgIpc) is 2.70. The van der Waals surface area contributed by atoms with Crippen molar-refractivity contribution < 1.29 is 9.90 Å².